The summed E-state index contributed by atoms with van der Waals surface area (Å²) in [5.41, 5.74) is 0. The Morgan fingerprint density at radius 1 is 1.19 bits per heavy atom. The Bertz CT molecular complexity index is 647. The van der Waals surface area contributed by atoms with Crippen molar-refractivity contribution in [1.82, 2.24) is 0 Å². The molecule has 0 aliphatic carbocycles. The van der Waals surface area contributed by atoms with Crippen LogP contribution in [0.25, 0.3) is 0 Å². The van der Waals surface area contributed by atoms with Crippen molar-refractivity contribution in [2.45, 2.75) is 44.5 Å². The first-order chi connectivity index (χ1) is 12.1. The number of unbranched alkanes of at least 4 members (excludes halogenated alkanes) is 1. The molecule has 0 saturated heterocycles. The molecule has 1 aromatic carbocycles. The minimum absolute atomic E-state index is 0.470. The number of aliphatic carboxylic acids is 2. The number of para-hydroxylation sites is 1. The van der Waals surface area contributed by atoms with Crippen LogP contribution >= 0.6 is 0 Å². The third-order valence-electron chi connectivity index (χ3n) is 3.38. The van der Waals surface area contributed by atoms with Gasteiger partial charge >= 0.3 is 135 Å². The van der Waals surface area contributed by atoms with Crippen LogP contribution in [0.3, 0.4) is 0 Å². The minimum Gasteiger partial charge on any atom is -0.481 e. The summed E-state index contributed by atoms with van der Waals surface area (Å²) in [5, 5.41) is 13.9. The predicted molar refractivity (Wildman–Crippen MR) is 96.2 cm³/mol. The van der Waals surface area contributed by atoms with Crippen molar-refractivity contribution < 1.29 is 37.5 Å². The molecule has 1 aromatic rings. The molecule has 26 heavy (non-hydrogen) atoms. The van der Waals surface area contributed by atoms with Gasteiger partial charge in [-0.1, -0.05) is 0 Å². The van der Waals surface area contributed by atoms with Crippen LogP contribution in [0.1, 0.15) is 32.6 Å². The normalized spacial score (nSPS) is 13.1. The molecule has 0 amide bonds. The van der Waals surface area contributed by atoms with Crippen LogP contribution in [0.15, 0.2) is 30.3 Å². The van der Waals surface area contributed by atoms with E-state index < -0.39 is 33.7 Å². The van der Waals surface area contributed by atoms with Gasteiger partial charge in [0, 0.05) is 0 Å². The van der Waals surface area contributed by atoms with Gasteiger partial charge in [0.25, 0.3) is 10.1 Å². The van der Waals surface area contributed by atoms with E-state index in [0.29, 0.717) is 6.10 Å². The SMILES string of the molecule is CCCCC([CH2][K])Oc1ccccc1.O=C(O)CC(C(=O)O)S(=O)(=O)O. The molecule has 0 aromatic heterocycles. The zero-order valence-corrected chi connectivity index (χ0v) is 18.8. The molecular formula is C16H23KO8S. The zero-order chi connectivity index (χ0) is 20.2. The number of carboxylic acid groups (broad SMARTS) is 2. The van der Waals surface area contributed by atoms with E-state index in [1.54, 1.807) is 0 Å². The van der Waals surface area contributed by atoms with Gasteiger partial charge in [-0.15, -0.1) is 0 Å². The molecule has 0 bridgehead atoms. The van der Waals surface area contributed by atoms with Gasteiger partial charge < -0.3 is 10.2 Å². The topological polar surface area (TPSA) is 138 Å². The number of carboxylic acids is 2. The standard InChI is InChI=1S/C12H17O.C4H6O7S.K/c1-3-4-8-11(2)13-12-9-6-5-7-10-12;5-3(6)1-2(4(7)8)12(9,10)11;/h5-7,9-11H,2-4,8H2,1H3;2H,1H2,(H,5,6)(H,7,8)(H,9,10,11);. The average molecular weight is 415 g/mol. The van der Waals surface area contributed by atoms with Gasteiger partial charge in [-0.2, -0.15) is 8.42 Å². The molecule has 0 aliphatic rings. The van der Waals surface area contributed by atoms with Gasteiger partial charge in [-0.3, -0.25) is 14.1 Å². The molecule has 2 unspecified atom stereocenters. The maximum absolute atomic E-state index is 10.2. The van der Waals surface area contributed by atoms with E-state index in [2.05, 4.69) is 6.92 Å². The number of ether oxygens (including phenoxy) is 1. The third-order valence-corrected chi connectivity index (χ3v) is 5.89. The van der Waals surface area contributed by atoms with Gasteiger partial charge in [-0.05, 0) is 0 Å². The summed E-state index contributed by atoms with van der Waals surface area (Å²) < 4.78 is 35.9. The Balaban J connectivity index is 0.000000488. The van der Waals surface area contributed by atoms with Gasteiger partial charge in [0.05, 0.1) is 6.42 Å². The van der Waals surface area contributed by atoms with E-state index in [-0.39, 0.29) is 0 Å². The summed E-state index contributed by atoms with van der Waals surface area (Å²) in [6.07, 6.45) is 3.08. The van der Waals surface area contributed by atoms with Crippen molar-refractivity contribution in [3.05, 3.63) is 30.3 Å². The Hall–Kier alpha value is -0.494. The monoisotopic (exact) mass is 414 g/mol. The van der Waals surface area contributed by atoms with Crippen LogP contribution in [0.5, 0.6) is 5.75 Å². The summed E-state index contributed by atoms with van der Waals surface area (Å²) in [5.74, 6) is -2.47. The van der Waals surface area contributed by atoms with E-state index >= 15 is 0 Å². The van der Waals surface area contributed by atoms with E-state index in [9.17, 15) is 18.0 Å². The predicted octanol–water partition coefficient (Wildman–Crippen LogP) is 2.01. The zero-order valence-electron chi connectivity index (χ0n) is 14.9. The molecule has 0 spiro atoms. The summed E-state index contributed by atoms with van der Waals surface area (Å²) in [7, 11) is -4.84. The third kappa shape index (κ3) is 12.0. The maximum Gasteiger partial charge on any atom is 0.325 e. The molecule has 0 radical (unpaired) electrons. The van der Waals surface area contributed by atoms with Crippen LogP contribution in [-0.2, 0) is 19.7 Å². The number of hydrogen-bond donors (Lipinski definition) is 3. The average Bonchev–Trinajstić information content (AvgIpc) is 2.56. The van der Waals surface area contributed by atoms with E-state index in [1.165, 1.54) is 19.8 Å². The molecule has 2 atom stereocenters. The molecular weight excluding hydrogens is 391 g/mol. The molecule has 142 valence electrons. The second-order valence-corrected chi connectivity index (χ2v) is 8.42. The fourth-order valence-electron chi connectivity index (χ4n) is 1.95. The van der Waals surface area contributed by atoms with Gasteiger partial charge in [0.15, 0.2) is 5.25 Å². The van der Waals surface area contributed by atoms with Crippen LogP contribution in [0, 0.1) is 0 Å². The molecule has 1 rings (SSSR count). The Morgan fingerprint density at radius 2 is 1.77 bits per heavy atom. The van der Waals surface area contributed by atoms with E-state index in [0.717, 1.165) is 54.7 Å². The van der Waals surface area contributed by atoms with E-state index in [4.69, 9.17) is 19.5 Å². The number of benzene rings is 1. The van der Waals surface area contributed by atoms with Crippen LogP contribution in [0.4, 0.5) is 0 Å². The summed E-state index contributed by atoms with van der Waals surface area (Å²) in [6, 6.07) is 10.2. The first kappa shape index (κ1) is 25.5. The van der Waals surface area contributed by atoms with Crippen LogP contribution < -0.4 is 4.74 Å². The second-order valence-electron chi connectivity index (χ2n) is 5.54. The summed E-state index contributed by atoms with van der Waals surface area (Å²) in [4.78, 5) is 20.0. The molecule has 8 nitrogen and oxygen atoms in total. The number of carbonyl (C=O) groups is 2. The van der Waals surface area contributed by atoms with Crippen molar-refractivity contribution in [2.75, 3.05) is 0 Å². The number of rotatable bonds is 10. The fourth-order valence-corrected chi connectivity index (χ4v) is 3.45. The van der Waals surface area contributed by atoms with Gasteiger partial charge in [0.1, 0.15) is 0 Å². The largest absolute Gasteiger partial charge is 0.481 e. The Morgan fingerprint density at radius 3 is 2.12 bits per heavy atom. The van der Waals surface area contributed by atoms with Crippen molar-refractivity contribution in [2.24, 2.45) is 0 Å². The minimum atomic E-state index is -4.84. The van der Waals surface area contributed by atoms with Crippen LogP contribution in [0.2, 0.25) is 0.515 Å². The van der Waals surface area contributed by atoms with Gasteiger partial charge in [-0.25, -0.2) is 0 Å². The smallest absolute Gasteiger partial charge is 0.325 e. The Labute approximate surface area is 187 Å². The Kier molecular flexibility index (Phi) is 13.4. The first-order valence-electron chi connectivity index (χ1n) is 8.24. The van der Waals surface area contributed by atoms with E-state index in [1.807, 2.05) is 30.3 Å². The molecule has 0 fully saturated rings. The first-order valence-corrected chi connectivity index (χ1v) is 12.0. The van der Waals surface area contributed by atoms with Crippen molar-refractivity contribution in [3.63, 3.8) is 0 Å². The van der Waals surface area contributed by atoms with Crippen LogP contribution in [-0.4, -0.2) is 95.4 Å². The molecule has 0 saturated carbocycles. The number of hydrogen-bond acceptors (Lipinski definition) is 5. The maximum atomic E-state index is 10.2. The molecule has 3 N–H and O–H groups in total. The molecule has 0 aliphatic heterocycles. The quantitative estimate of drug-likeness (QED) is 0.390. The van der Waals surface area contributed by atoms with Crippen molar-refractivity contribution in [1.29, 1.82) is 0 Å². The molecule has 10 heteroatoms. The fraction of sp³-hybridized carbons (Fsp3) is 0.500. The molecule has 0 heterocycles. The van der Waals surface area contributed by atoms with Crippen molar-refractivity contribution >= 4 is 71.0 Å². The second kappa shape index (κ2) is 13.6. The summed E-state index contributed by atoms with van der Waals surface area (Å²) in [6.45, 7) is 2.23. The van der Waals surface area contributed by atoms with Gasteiger partial charge in [0.2, 0.25) is 0 Å². The summed E-state index contributed by atoms with van der Waals surface area (Å²) >= 11 is 0.889. The van der Waals surface area contributed by atoms with Crippen molar-refractivity contribution in [3.8, 4) is 5.75 Å².